The summed E-state index contributed by atoms with van der Waals surface area (Å²) in [6, 6.07) is 18.1. The van der Waals surface area contributed by atoms with Gasteiger partial charge in [-0.15, -0.1) is 0 Å². The van der Waals surface area contributed by atoms with E-state index < -0.39 is 5.25 Å². The minimum atomic E-state index is -0.497. The largest absolute Gasteiger partial charge is 0.492 e. The van der Waals surface area contributed by atoms with Crippen LogP contribution >= 0.6 is 11.8 Å². The Morgan fingerprint density at radius 2 is 1.94 bits per heavy atom. The van der Waals surface area contributed by atoms with E-state index in [0.717, 1.165) is 0 Å². The molecule has 164 valence electrons. The van der Waals surface area contributed by atoms with Gasteiger partial charge in [0.25, 0.3) is 5.56 Å². The summed E-state index contributed by atoms with van der Waals surface area (Å²) >= 11 is 1.22. The lowest BCUT2D eigenvalue weighted by atomic mass is 10.2. The molecule has 0 spiro atoms. The molecule has 2 aromatic heterocycles. The first-order valence-corrected chi connectivity index (χ1v) is 11.2. The first-order chi connectivity index (χ1) is 15.6. The first-order valence-electron chi connectivity index (χ1n) is 10.3. The van der Waals surface area contributed by atoms with Gasteiger partial charge < -0.3 is 14.5 Å². The smallest absolute Gasteiger partial charge is 0.266 e. The van der Waals surface area contributed by atoms with Gasteiger partial charge in [0.2, 0.25) is 5.91 Å². The molecule has 8 heteroatoms. The number of carbonyl (C=O) groups is 1. The third kappa shape index (κ3) is 4.55. The number of hydrogen-bond donors (Lipinski definition) is 1. The van der Waals surface area contributed by atoms with E-state index >= 15 is 0 Å². The van der Waals surface area contributed by atoms with Gasteiger partial charge >= 0.3 is 0 Å². The van der Waals surface area contributed by atoms with Gasteiger partial charge in [-0.1, -0.05) is 36.0 Å². The van der Waals surface area contributed by atoms with Crippen LogP contribution < -0.4 is 15.6 Å². The molecule has 1 N–H and O–H groups in total. The summed E-state index contributed by atoms with van der Waals surface area (Å²) in [5, 5.41) is 3.27. The molecule has 0 fully saturated rings. The van der Waals surface area contributed by atoms with E-state index in [2.05, 4.69) is 5.32 Å². The van der Waals surface area contributed by atoms with Gasteiger partial charge in [-0.25, -0.2) is 4.98 Å². The van der Waals surface area contributed by atoms with E-state index in [1.54, 1.807) is 37.5 Å². The fourth-order valence-electron chi connectivity index (χ4n) is 3.27. The third-order valence-electron chi connectivity index (χ3n) is 4.82. The molecule has 7 nitrogen and oxygen atoms in total. The quantitative estimate of drug-likeness (QED) is 0.321. The van der Waals surface area contributed by atoms with Crippen LogP contribution in [0.3, 0.4) is 0 Å². The maximum absolute atomic E-state index is 13.5. The molecule has 0 aliphatic rings. The van der Waals surface area contributed by atoms with Crippen molar-refractivity contribution >= 4 is 28.6 Å². The highest BCUT2D eigenvalue weighted by Gasteiger charge is 2.21. The number of carbonyl (C=O) groups excluding carboxylic acids is 1. The van der Waals surface area contributed by atoms with Crippen molar-refractivity contribution in [1.29, 1.82) is 0 Å². The molecule has 0 saturated carbocycles. The van der Waals surface area contributed by atoms with E-state index in [1.165, 1.54) is 16.3 Å². The number of benzene rings is 2. The summed E-state index contributed by atoms with van der Waals surface area (Å²) in [5.74, 6) is 1.06. The number of para-hydroxylation sites is 3. The molecule has 0 radical (unpaired) electrons. The van der Waals surface area contributed by atoms with E-state index in [-0.39, 0.29) is 11.5 Å². The van der Waals surface area contributed by atoms with Crippen LogP contribution in [0.1, 0.15) is 19.6 Å². The van der Waals surface area contributed by atoms with Gasteiger partial charge in [-0.05, 0) is 50.2 Å². The molecule has 0 bridgehead atoms. The number of furan rings is 1. The van der Waals surface area contributed by atoms with Crippen LogP contribution in [0.4, 0.5) is 0 Å². The predicted octanol–water partition coefficient (Wildman–Crippen LogP) is 4.17. The first kappa shape index (κ1) is 21.7. The molecule has 1 unspecified atom stereocenters. The van der Waals surface area contributed by atoms with Crippen molar-refractivity contribution in [2.45, 2.75) is 30.8 Å². The van der Waals surface area contributed by atoms with Gasteiger partial charge in [-0.3, -0.25) is 14.2 Å². The van der Waals surface area contributed by atoms with E-state index in [9.17, 15) is 9.59 Å². The van der Waals surface area contributed by atoms with E-state index in [4.69, 9.17) is 14.1 Å². The lowest BCUT2D eigenvalue weighted by Crippen LogP contribution is -2.31. The van der Waals surface area contributed by atoms with Crippen LogP contribution in [-0.4, -0.2) is 27.3 Å². The van der Waals surface area contributed by atoms with E-state index in [0.29, 0.717) is 46.4 Å². The molecule has 0 aliphatic heterocycles. The molecule has 4 aromatic rings. The summed E-state index contributed by atoms with van der Waals surface area (Å²) in [6.45, 7) is 4.42. The van der Waals surface area contributed by atoms with Crippen LogP contribution in [0.15, 0.2) is 81.3 Å². The Balaban J connectivity index is 1.72. The van der Waals surface area contributed by atoms with Crippen molar-refractivity contribution in [2.24, 2.45) is 0 Å². The van der Waals surface area contributed by atoms with Crippen LogP contribution in [-0.2, 0) is 11.3 Å². The number of nitrogens with one attached hydrogen (secondary N) is 1. The second kappa shape index (κ2) is 9.74. The standard InChI is InChI=1S/C24H23N3O4S/c1-3-30-21-13-7-6-12-20(21)27-23(29)18-10-4-5-11-19(18)26-24(27)32-16(2)22(28)25-15-17-9-8-14-31-17/h4-14,16H,3,15H2,1-2H3,(H,25,28). The van der Waals surface area contributed by atoms with Crippen molar-refractivity contribution in [3.8, 4) is 11.4 Å². The SMILES string of the molecule is CCOc1ccccc1-n1c(SC(C)C(=O)NCc2ccco2)nc2ccccc2c1=O. The lowest BCUT2D eigenvalue weighted by molar-refractivity contribution is -0.120. The Morgan fingerprint density at radius 3 is 2.72 bits per heavy atom. The average Bonchev–Trinajstić information content (AvgIpc) is 3.32. The summed E-state index contributed by atoms with van der Waals surface area (Å²) in [6.07, 6.45) is 1.56. The fourth-order valence-corrected chi connectivity index (χ4v) is 4.21. The molecule has 4 rings (SSSR count). The normalized spacial score (nSPS) is 11.9. The average molecular weight is 450 g/mol. The van der Waals surface area contributed by atoms with Crippen LogP contribution in [0.5, 0.6) is 5.75 Å². The molecule has 2 heterocycles. The predicted molar refractivity (Wildman–Crippen MR) is 124 cm³/mol. The van der Waals surface area contributed by atoms with Crippen molar-refractivity contribution in [1.82, 2.24) is 14.9 Å². The zero-order valence-electron chi connectivity index (χ0n) is 17.8. The number of amides is 1. The van der Waals surface area contributed by atoms with E-state index in [1.807, 2.05) is 43.3 Å². The van der Waals surface area contributed by atoms with Crippen LogP contribution in [0.2, 0.25) is 0 Å². The maximum Gasteiger partial charge on any atom is 0.266 e. The summed E-state index contributed by atoms with van der Waals surface area (Å²) in [4.78, 5) is 30.9. The molecule has 32 heavy (non-hydrogen) atoms. The number of rotatable bonds is 8. The van der Waals surface area contributed by atoms with Crippen molar-refractivity contribution in [3.05, 3.63) is 83.0 Å². The molecule has 1 amide bonds. The Bertz CT molecular complexity index is 1280. The number of nitrogens with zero attached hydrogens (tertiary/aromatic N) is 2. The zero-order valence-corrected chi connectivity index (χ0v) is 18.6. The Kier molecular flexibility index (Phi) is 6.61. The van der Waals surface area contributed by atoms with Gasteiger partial charge in [0.05, 0.1) is 41.3 Å². The molecule has 0 aliphatic carbocycles. The van der Waals surface area contributed by atoms with Crippen molar-refractivity contribution in [2.75, 3.05) is 6.61 Å². The van der Waals surface area contributed by atoms with Crippen LogP contribution in [0.25, 0.3) is 16.6 Å². The molecular weight excluding hydrogens is 426 g/mol. The molecule has 2 aromatic carbocycles. The van der Waals surface area contributed by atoms with Crippen molar-refractivity contribution in [3.63, 3.8) is 0 Å². The molecule has 1 atom stereocenters. The number of ether oxygens (including phenoxy) is 1. The van der Waals surface area contributed by atoms with Crippen LogP contribution in [0, 0.1) is 0 Å². The number of aromatic nitrogens is 2. The second-order valence-electron chi connectivity index (χ2n) is 7.01. The topological polar surface area (TPSA) is 86.4 Å². The summed E-state index contributed by atoms with van der Waals surface area (Å²) in [7, 11) is 0. The molecule has 0 saturated heterocycles. The second-order valence-corrected chi connectivity index (χ2v) is 8.32. The lowest BCUT2D eigenvalue weighted by Gasteiger charge is -2.18. The van der Waals surface area contributed by atoms with Crippen molar-refractivity contribution < 1.29 is 13.9 Å². The zero-order chi connectivity index (χ0) is 22.5. The Morgan fingerprint density at radius 1 is 1.16 bits per heavy atom. The highest BCUT2D eigenvalue weighted by Crippen LogP contribution is 2.29. The summed E-state index contributed by atoms with van der Waals surface area (Å²) in [5.41, 5.74) is 0.949. The Hall–Kier alpha value is -3.52. The van der Waals surface area contributed by atoms with Gasteiger partial charge in [0.1, 0.15) is 11.5 Å². The number of hydrogen-bond acceptors (Lipinski definition) is 6. The number of fused-ring (bicyclic) bond motifs is 1. The highest BCUT2D eigenvalue weighted by molar-refractivity contribution is 8.00. The van der Waals surface area contributed by atoms with Gasteiger partial charge in [-0.2, -0.15) is 0 Å². The minimum absolute atomic E-state index is 0.182. The maximum atomic E-state index is 13.5. The van der Waals surface area contributed by atoms with Gasteiger partial charge in [0, 0.05) is 0 Å². The minimum Gasteiger partial charge on any atom is -0.492 e. The Labute approximate surface area is 189 Å². The third-order valence-corrected chi connectivity index (χ3v) is 5.87. The highest BCUT2D eigenvalue weighted by atomic mass is 32.2. The monoisotopic (exact) mass is 449 g/mol. The summed E-state index contributed by atoms with van der Waals surface area (Å²) < 4.78 is 12.5. The molecular formula is C24H23N3O4S. The fraction of sp³-hybridized carbons (Fsp3) is 0.208. The van der Waals surface area contributed by atoms with Gasteiger partial charge in [0.15, 0.2) is 5.16 Å². The number of thioether (sulfide) groups is 1.